The number of nitrogens with zero attached hydrogens (tertiary/aromatic N) is 1. The summed E-state index contributed by atoms with van der Waals surface area (Å²) >= 11 is 1.48. The number of hydrogen-bond acceptors (Lipinski definition) is 4. The highest BCUT2D eigenvalue weighted by atomic mass is 32.1. The zero-order chi connectivity index (χ0) is 19.6. The van der Waals surface area contributed by atoms with Crippen molar-refractivity contribution in [2.24, 2.45) is 17.3 Å². The predicted octanol–water partition coefficient (Wildman–Crippen LogP) is 5.23. The molecule has 3 aromatic rings. The van der Waals surface area contributed by atoms with Crippen LogP contribution in [0.15, 0.2) is 47.8 Å². The third kappa shape index (κ3) is 2.82. The molecule has 4 nitrogen and oxygen atoms in total. The Hall–Kier alpha value is -2.24. The van der Waals surface area contributed by atoms with Gasteiger partial charge in [-0.1, -0.05) is 42.5 Å². The fourth-order valence-electron chi connectivity index (χ4n) is 6.61. The molecule has 2 N–H and O–H groups in total. The van der Waals surface area contributed by atoms with Gasteiger partial charge in [0.1, 0.15) is 0 Å². The van der Waals surface area contributed by atoms with Crippen molar-refractivity contribution in [2.75, 3.05) is 5.32 Å². The van der Waals surface area contributed by atoms with Crippen molar-refractivity contribution < 1.29 is 9.90 Å². The molecule has 1 aromatic heterocycles. The van der Waals surface area contributed by atoms with Gasteiger partial charge in [-0.05, 0) is 61.1 Å². The third-order valence-electron chi connectivity index (χ3n) is 7.30. The average Bonchev–Trinajstić information content (AvgIpc) is 3.14. The highest BCUT2D eigenvalue weighted by Gasteiger charge is 2.60. The van der Waals surface area contributed by atoms with E-state index in [2.05, 4.69) is 29.6 Å². The molecular formula is C24H24N2O2S. The summed E-state index contributed by atoms with van der Waals surface area (Å²) in [4.78, 5) is 18.1. The number of anilines is 1. The average molecular weight is 405 g/mol. The maximum Gasteiger partial charge on any atom is 0.232 e. The summed E-state index contributed by atoms with van der Waals surface area (Å²) in [5.41, 5.74) is 0.943. The summed E-state index contributed by atoms with van der Waals surface area (Å²) in [5, 5.41) is 19.1. The van der Waals surface area contributed by atoms with Gasteiger partial charge in [0, 0.05) is 10.9 Å². The van der Waals surface area contributed by atoms with Crippen LogP contribution in [0.4, 0.5) is 5.13 Å². The molecule has 4 atom stereocenters. The summed E-state index contributed by atoms with van der Waals surface area (Å²) in [6.07, 6.45) is 5.38. The van der Waals surface area contributed by atoms with Crippen LogP contribution >= 0.6 is 11.3 Å². The molecule has 2 aromatic carbocycles. The SMILES string of the molecule is O=C(Nc1nc(-c2cccc3ccccc23)cs1)C12C[C@@H]3C[C@@H](CC(O)(C3)C1)C2. The van der Waals surface area contributed by atoms with Gasteiger partial charge in [0.15, 0.2) is 5.13 Å². The quantitative estimate of drug-likeness (QED) is 0.628. The molecule has 0 aliphatic heterocycles. The molecule has 148 valence electrons. The van der Waals surface area contributed by atoms with Gasteiger partial charge in [-0.25, -0.2) is 4.98 Å². The van der Waals surface area contributed by atoms with Crippen LogP contribution in [-0.2, 0) is 4.79 Å². The molecule has 4 bridgehead atoms. The number of benzene rings is 2. The van der Waals surface area contributed by atoms with E-state index in [0.717, 1.165) is 36.9 Å². The van der Waals surface area contributed by atoms with Gasteiger partial charge in [0.2, 0.25) is 5.91 Å². The fourth-order valence-corrected chi connectivity index (χ4v) is 7.32. The van der Waals surface area contributed by atoms with Gasteiger partial charge < -0.3 is 10.4 Å². The van der Waals surface area contributed by atoms with Crippen molar-refractivity contribution >= 4 is 33.1 Å². The van der Waals surface area contributed by atoms with Crippen molar-refractivity contribution in [3.63, 3.8) is 0 Å². The lowest BCUT2D eigenvalue weighted by atomic mass is 9.47. The number of thiazole rings is 1. The number of aromatic nitrogens is 1. The first-order chi connectivity index (χ1) is 14.0. The topological polar surface area (TPSA) is 62.2 Å². The number of nitrogens with one attached hydrogen (secondary N) is 1. The second kappa shape index (κ2) is 6.13. The minimum absolute atomic E-state index is 0.0591. The summed E-state index contributed by atoms with van der Waals surface area (Å²) in [6, 6.07) is 14.5. The molecule has 1 amide bonds. The number of hydrogen-bond donors (Lipinski definition) is 2. The molecular weight excluding hydrogens is 380 g/mol. The first-order valence-corrected chi connectivity index (χ1v) is 11.4. The maximum absolute atomic E-state index is 13.3. The van der Waals surface area contributed by atoms with E-state index in [0.29, 0.717) is 23.4 Å². The molecule has 0 radical (unpaired) electrons. The second-order valence-corrected chi connectivity index (χ2v) is 10.3. The minimum Gasteiger partial charge on any atom is -0.390 e. The Morgan fingerprint density at radius 3 is 2.62 bits per heavy atom. The van der Waals surface area contributed by atoms with Crippen LogP contribution in [0, 0.1) is 17.3 Å². The van der Waals surface area contributed by atoms with Crippen LogP contribution in [0.3, 0.4) is 0 Å². The number of carbonyl (C=O) groups excluding carboxylic acids is 1. The monoisotopic (exact) mass is 404 g/mol. The largest absolute Gasteiger partial charge is 0.390 e. The third-order valence-corrected chi connectivity index (χ3v) is 8.06. The van der Waals surface area contributed by atoms with E-state index < -0.39 is 11.0 Å². The number of fused-ring (bicyclic) bond motifs is 1. The van der Waals surface area contributed by atoms with Gasteiger partial charge in [-0.15, -0.1) is 11.3 Å². The van der Waals surface area contributed by atoms with Gasteiger partial charge >= 0.3 is 0 Å². The van der Waals surface area contributed by atoms with Crippen LogP contribution < -0.4 is 5.32 Å². The number of aliphatic hydroxyl groups is 1. The molecule has 4 aliphatic carbocycles. The zero-order valence-corrected chi connectivity index (χ0v) is 17.0. The normalized spacial score (nSPS) is 32.6. The van der Waals surface area contributed by atoms with Crippen molar-refractivity contribution in [1.82, 2.24) is 4.98 Å². The molecule has 0 spiro atoms. The molecule has 29 heavy (non-hydrogen) atoms. The van der Waals surface area contributed by atoms with Crippen molar-refractivity contribution in [3.05, 3.63) is 47.8 Å². The maximum atomic E-state index is 13.3. The lowest BCUT2D eigenvalue weighted by Crippen LogP contribution is -2.59. The van der Waals surface area contributed by atoms with E-state index in [1.807, 2.05) is 23.6 Å². The van der Waals surface area contributed by atoms with Crippen molar-refractivity contribution in [1.29, 1.82) is 0 Å². The zero-order valence-electron chi connectivity index (χ0n) is 16.2. The van der Waals surface area contributed by atoms with E-state index in [-0.39, 0.29) is 5.91 Å². The molecule has 0 saturated heterocycles. The first kappa shape index (κ1) is 17.6. The predicted molar refractivity (Wildman–Crippen MR) is 116 cm³/mol. The van der Waals surface area contributed by atoms with Crippen LogP contribution in [0.25, 0.3) is 22.0 Å². The molecule has 1 heterocycles. The lowest BCUT2D eigenvalue weighted by molar-refractivity contribution is -0.174. The Labute approximate surface area is 174 Å². The summed E-state index contributed by atoms with van der Waals surface area (Å²) in [7, 11) is 0. The van der Waals surface area contributed by atoms with Crippen LogP contribution in [0.1, 0.15) is 38.5 Å². The fraction of sp³-hybridized carbons (Fsp3) is 0.417. The van der Waals surface area contributed by atoms with Gasteiger partial charge in [0.05, 0.1) is 16.7 Å². The number of amides is 1. The summed E-state index contributed by atoms with van der Waals surface area (Å²) < 4.78 is 0. The lowest BCUT2D eigenvalue weighted by Gasteiger charge is -2.59. The number of rotatable bonds is 3. The second-order valence-electron chi connectivity index (χ2n) is 9.48. The molecule has 4 fully saturated rings. The Balaban J connectivity index is 1.28. The molecule has 2 unspecified atom stereocenters. The van der Waals surface area contributed by atoms with Crippen LogP contribution in [0.5, 0.6) is 0 Å². The highest BCUT2D eigenvalue weighted by Crippen LogP contribution is 2.61. The van der Waals surface area contributed by atoms with E-state index in [1.54, 1.807) is 0 Å². The Morgan fingerprint density at radius 2 is 1.83 bits per heavy atom. The Kier molecular flexibility index (Phi) is 3.72. The van der Waals surface area contributed by atoms with Crippen molar-refractivity contribution in [2.45, 2.75) is 44.1 Å². The standard InChI is InChI=1S/C24H24N2O2S/c27-21(23-9-15-8-16(10-23)12-24(28,11-15)14-23)26-22-25-20(13-29-22)19-7-3-5-17-4-1-2-6-18(17)19/h1-7,13,15-16,28H,8-12,14H2,(H,25,26,27)/t15-,16+,23?,24?. The first-order valence-electron chi connectivity index (χ1n) is 10.5. The van der Waals surface area contributed by atoms with Gasteiger partial charge in [-0.3, -0.25) is 4.79 Å². The highest BCUT2D eigenvalue weighted by molar-refractivity contribution is 7.14. The van der Waals surface area contributed by atoms with Crippen molar-refractivity contribution in [3.8, 4) is 11.3 Å². The minimum atomic E-state index is -0.627. The molecule has 4 aliphatic rings. The van der Waals surface area contributed by atoms with Gasteiger partial charge in [0.25, 0.3) is 0 Å². The Morgan fingerprint density at radius 1 is 1.07 bits per heavy atom. The molecule has 5 heteroatoms. The van der Waals surface area contributed by atoms with Crippen LogP contribution in [-0.4, -0.2) is 21.6 Å². The Bertz CT molecular complexity index is 1100. The number of carbonyl (C=O) groups is 1. The van der Waals surface area contributed by atoms with Crippen LogP contribution in [0.2, 0.25) is 0 Å². The van der Waals surface area contributed by atoms with Gasteiger partial charge in [-0.2, -0.15) is 0 Å². The summed E-state index contributed by atoms with van der Waals surface area (Å²) in [6.45, 7) is 0. The molecule has 4 saturated carbocycles. The van der Waals surface area contributed by atoms with E-state index >= 15 is 0 Å². The van der Waals surface area contributed by atoms with E-state index in [1.165, 1.54) is 28.5 Å². The smallest absolute Gasteiger partial charge is 0.232 e. The van der Waals surface area contributed by atoms with E-state index in [4.69, 9.17) is 4.98 Å². The summed E-state index contributed by atoms with van der Waals surface area (Å²) in [5.74, 6) is 1.05. The van der Waals surface area contributed by atoms with E-state index in [9.17, 15) is 9.90 Å². The molecule has 7 rings (SSSR count).